The monoisotopic (exact) mass is 337 g/mol. The minimum Gasteiger partial charge on any atom is -0.493 e. The third-order valence-electron chi connectivity index (χ3n) is 4.53. The summed E-state index contributed by atoms with van der Waals surface area (Å²) in [5.41, 5.74) is 3.61. The van der Waals surface area contributed by atoms with Gasteiger partial charge in [-0.2, -0.15) is 0 Å². The molecule has 4 heteroatoms. The Hall–Kier alpha value is -2.75. The SMILES string of the molecule is C/C=C/c1cc(C(=O)N2c3ccccc3C[C@H]2C)cc(OC)c1OC. The van der Waals surface area contributed by atoms with Crippen LogP contribution in [-0.2, 0) is 6.42 Å². The lowest BCUT2D eigenvalue weighted by atomic mass is 10.1. The second-order valence-electron chi connectivity index (χ2n) is 6.16. The molecule has 2 aromatic carbocycles. The maximum atomic E-state index is 13.2. The summed E-state index contributed by atoms with van der Waals surface area (Å²) in [4.78, 5) is 15.1. The van der Waals surface area contributed by atoms with Gasteiger partial charge in [-0.15, -0.1) is 0 Å². The number of benzene rings is 2. The number of allylic oxidation sites excluding steroid dienone is 1. The highest BCUT2D eigenvalue weighted by Gasteiger charge is 2.31. The van der Waals surface area contributed by atoms with E-state index in [1.165, 1.54) is 5.56 Å². The third kappa shape index (κ3) is 3.00. The second-order valence-corrected chi connectivity index (χ2v) is 6.16. The van der Waals surface area contributed by atoms with E-state index >= 15 is 0 Å². The third-order valence-corrected chi connectivity index (χ3v) is 4.53. The van der Waals surface area contributed by atoms with Gasteiger partial charge in [0.2, 0.25) is 0 Å². The molecule has 0 bridgehead atoms. The molecule has 1 atom stereocenters. The normalized spacial score (nSPS) is 16.2. The maximum Gasteiger partial charge on any atom is 0.258 e. The molecular weight excluding hydrogens is 314 g/mol. The molecule has 130 valence electrons. The van der Waals surface area contributed by atoms with Gasteiger partial charge in [0.15, 0.2) is 11.5 Å². The van der Waals surface area contributed by atoms with Crippen LogP contribution in [0.25, 0.3) is 6.08 Å². The van der Waals surface area contributed by atoms with E-state index in [9.17, 15) is 4.79 Å². The molecule has 0 aliphatic carbocycles. The summed E-state index contributed by atoms with van der Waals surface area (Å²) in [6.07, 6.45) is 4.70. The van der Waals surface area contributed by atoms with Gasteiger partial charge in [-0.25, -0.2) is 0 Å². The van der Waals surface area contributed by atoms with Gasteiger partial charge in [0.1, 0.15) is 0 Å². The largest absolute Gasteiger partial charge is 0.493 e. The number of fused-ring (bicyclic) bond motifs is 1. The number of hydrogen-bond acceptors (Lipinski definition) is 3. The van der Waals surface area contributed by atoms with Crippen LogP contribution < -0.4 is 14.4 Å². The average molecular weight is 337 g/mol. The molecule has 0 spiro atoms. The number of nitrogens with zero attached hydrogens (tertiary/aromatic N) is 1. The Morgan fingerprint density at radius 1 is 1.20 bits per heavy atom. The van der Waals surface area contributed by atoms with E-state index in [-0.39, 0.29) is 11.9 Å². The molecule has 0 saturated heterocycles. The number of ether oxygens (including phenoxy) is 2. The minimum absolute atomic E-state index is 0.0239. The van der Waals surface area contributed by atoms with Gasteiger partial charge in [0.25, 0.3) is 5.91 Å². The van der Waals surface area contributed by atoms with Crippen molar-refractivity contribution in [1.82, 2.24) is 0 Å². The van der Waals surface area contributed by atoms with Crippen molar-refractivity contribution in [3.05, 3.63) is 59.2 Å². The quantitative estimate of drug-likeness (QED) is 0.833. The van der Waals surface area contributed by atoms with Crippen LogP contribution in [0.2, 0.25) is 0 Å². The first-order valence-electron chi connectivity index (χ1n) is 8.40. The molecule has 25 heavy (non-hydrogen) atoms. The zero-order chi connectivity index (χ0) is 18.0. The van der Waals surface area contributed by atoms with Crippen molar-refractivity contribution in [3.63, 3.8) is 0 Å². The molecule has 2 aromatic rings. The van der Waals surface area contributed by atoms with Gasteiger partial charge < -0.3 is 14.4 Å². The summed E-state index contributed by atoms with van der Waals surface area (Å²) >= 11 is 0. The van der Waals surface area contributed by atoms with Gasteiger partial charge >= 0.3 is 0 Å². The van der Waals surface area contributed by atoms with Crippen molar-refractivity contribution in [3.8, 4) is 11.5 Å². The Labute approximate surface area is 148 Å². The van der Waals surface area contributed by atoms with Crippen LogP contribution >= 0.6 is 0 Å². The fourth-order valence-electron chi connectivity index (χ4n) is 3.43. The lowest BCUT2D eigenvalue weighted by molar-refractivity contribution is 0.0981. The molecule has 3 rings (SSSR count). The van der Waals surface area contributed by atoms with Crippen LogP contribution in [0.3, 0.4) is 0 Å². The Bertz CT molecular complexity index is 826. The van der Waals surface area contributed by atoms with Gasteiger partial charge in [0.05, 0.1) is 14.2 Å². The van der Waals surface area contributed by atoms with Crippen molar-refractivity contribution >= 4 is 17.7 Å². The molecule has 1 heterocycles. The fraction of sp³-hybridized carbons (Fsp3) is 0.286. The molecule has 0 radical (unpaired) electrons. The van der Waals surface area contributed by atoms with Gasteiger partial charge in [-0.3, -0.25) is 4.79 Å². The minimum atomic E-state index is -0.0239. The van der Waals surface area contributed by atoms with Crippen LogP contribution in [0.15, 0.2) is 42.5 Å². The molecule has 1 aliphatic heterocycles. The first kappa shape index (κ1) is 17.1. The smallest absolute Gasteiger partial charge is 0.258 e. The van der Waals surface area contributed by atoms with Crippen molar-refractivity contribution in [2.45, 2.75) is 26.3 Å². The fourth-order valence-corrected chi connectivity index (χ4v) is 3.43. The van der Waals surface area contributed by atoms with Crippen LogP contribution in [-0.4, -0.2) is 26.2 Å². The van der Waals surface area contributed by atoms with E-state index in [0.717, 1.165) is 17.7 Å². The molecule has 1 aliphatic rings. The second kappa shape index (κ2) is 7.01. The maximum absolute atomic E-state index is 13.2. The zero-order valence-corrected chi connectivity index (χ0v) is 15.1. The zero-order valence-electron chi connectivity index (χ0n) is 15.1. The summed E-state index contributed by atoms with van der Waals surface area (Å²) in [6.45, 7) is 4.00. The molecule has 0 aromatic heterocycles. The number of para-hydroxylation sites is 1. The van der Waals surface area contributed by atoms with Crippen molar-refractivity contribution < 1.29 is 14.3 Å². The number of methoxy groups -OCH3 is 2. The number of carbonyl (C=O) groups is 1. The standard InChI is InChI=1S/C21H23NO3/c1-5-8-16-12-17(13-19(24-3)20(16)25-4)21(23)22-14(2)11-15-9-6-7-10-18(15)22/h5-10,12-14H,11H2,1-4H3/b8-5+/t14-/m1/s1. The predicted molar refractivity (Wildman–Crippen MR) is 101 cm³/mol. The highest BCUT2D eigenvalue weighted by molar-refractivity contribution is 6.08. The molecular formula is C21H23NO3. The lowest BCUT2D eigenvalue weighted by Crippen LogP contribution is -2.35. The van der Waals surface area contributed by atoms with Crippen LogP contribution in [0.4, 0.5) is 5.69 Å². The highest BCUT2D eigenvalue weighted by Crippen LogP contribution is 2.37. The molecule has 1 amide bonds. The van der Waals surface area contributed by atoms with Crippen LogP contribution in [0.5, 0.6) is 11.5 Å². The molecule has 0 fully saturated rings. The van der Waals surface area contributed by atoms with E-state index in [4.69, 9.17) is 9.47 Å². The average Bonchev–Trinajstić information content (AvgIpc) is 2.96. The molecule has 4 nitrogen and oxygen atoms in total. The van der Waals surface area contributed by atoms with Crippen molar-refractivity contribution in [1.29, 1.82) is 0 Å². The first-order chi connectivity index (χ1) is 12.1. The summed E-state index contributed by atoms with van der Waals surface area (Å²) in [5.74, 6) is 1.16. The van der Waals surface area contributed by atoms with E-state index in [2.05, 4.69) is 13.0 Å². The molecule has 0 N–H and O–H groups in total. The Balaban J connectivity index is 2.07. The molecule has 0 unspecified atom stereocenters. The van der Waals surface area contributed by atoms with Gasteiger partial charge in [-0.1, -0.05) is 30.4 Å². The number of anilines is 1. The Morgan fingerprint density at radius 3 is 2.64 bits per heavy atom. The topological polar surface area (TPSA) is 38.8 Å². The van der Waals surface area contributed by atoms with Crippen LogP contribution in [0.1, 0.15) is 35.3 Å². The summed E-state index contributed by atoms with van der Waals surface area (Å²) < 4.78 is 10.9. The van der Waals surface area contributed by atoms with Gasteiger partial charge in [-0.05, 0) is 44.0 Å². The summed E-state index contributed by atoms with van der Waals surface area (Å²) in [7, 11) is 3.18. The van der Waals surface area contributed by atoms with Gasteiger partial charge in [0, 0.05) is 22.9 Å². The number of carbonyl (C=O) groups excluding carboxylic acids is 1. The van der Waals surface area contributed by atoms with E-state index in [1.807, 2.05) is 48.2 Å². The lowest BCUT2D eigenvalue weighted by Gasteiger charge is -2.23. The van der Waals surface area contributed by atoms with E-state index in [1.54, 1.807) is 20.3 Å². The van der Waals surface area contributed by atoms with Crippen molar-refractivity contribution in [2.75, 3.05) is 19.1 Å². The van der Waals surface area contributed by atoms with Crippen LogP contribution in [0, 0.1) is 0 Å². The summed E-state index contributed by atoms with van der Waals surface area (Å²) in [5, 5.41) is 0. The summed E-state index contributed by atoms with van der Waals surface area (Å²) in [6, 6.07) is 11.8. The number of amides is 1. The predicted octanol–water partition coefficient (Wildman–Crippen LogP) is 4.33. The number of rotatable bonds is 4. The Morgan fingerprint density at radius 2 is 1.96 bits per heavy atom. The molecule has 0 saturated carbocycles. The number of hydrogen-bond donors (Lipinski definition) is 0. The van der Waals surface area contributed by atoms with Crippen molar-refractivity contribution in [2.24, 2.45) is 0 Å². The van der Waals surface area contributed by atoms with E-state index < -0.39 is 0 Å². The Kier molecular flexibility index (Phi) is 4.79. The highest BCUT2D eigenvalue weighted by atomic mass is 16.5. The van der Waals surface area contributed by atoms with E-state index in [0.29, 0.717) is 17.1 Å². The first-order valence-corrected chi connectivity index (χ1v) is 8.40.